The van der Waals surface area contributed by atoms with Crippen molar-refractivity contribution in [3.63, 3.8) is 0 Å². The highest BCUT2D eigenvalue weighted by molar-refractivity contribution is 5.93. The molecule has 0 saturated heterocycles. The van der Waals surface area contributed by atoms with Gasteiger partial charge in [-0.05, 0) is 39.3 Å². The Morgan fingerprint density at radius 2 is 1.67 bits per heavy atom. The summed E-state index contributed by atoms with van der Waals surface area (Å²) in [5.74, 6) is -0.503. The Kier molecular flexibility index (Phi) is 7.67. The SMILES string of the molecule is CC(C)(C)OC(=O)NCC(=O)NCCCNC(=O)c1ccncc1. The number of carbonyl (C=O) groups excluding carboxylic acids is 3. The summed E-state index contributed by atoms with van der Waals surface area (Å²) in [5, 5.41) is 7.76. The third-order valence-electron chi connectivity index (χ3n) is 2.70. The van der Waals surface area contributed by atoms with Crippen LogP contribution in [0, 0.1) is 0 Å². The van der Waals surface area contributed by atoms with Crippen molar-refractivity contribution in [3.05, 3.63) is 30.1 Å². The summed E-state index contributed by atoms with van der Waals surface area (Å²) < 4.78 is 5.02. The van der Waals surface area contributed by atoms with Gasteiger partial charge in [0.25, 0.3) is 5.91 Å². The first-order valence-corrected chi connectivity index (χ1v) is 7.70. The van der Waals surface area contributed by atoms with Gasteiger partial charge in [-0.1, -0.05) is 0 Å². The van der Waals surface area contributed by atoms with Gasteiger partial charge in [0.2, 0.25) is 5.91 Å². The van der Waals surface area contributed by atoms with Crippen molar-refractivity contribution in [2.75, 3.05) is 19.6 Å². The molecule has 0 unspecified atom stereocenters. The number of pyridine rings is 1. The van der Waals surface area contributed by atoms with Gasteiger partial charge in [0, 0.05) is 31.0 Å². The van der Waals surface area contributed by atoms with Crippen molar-refractivity contribution in [1.82, 2.24) is 20.9 Å². The molecule has 0 aliphatic carbocycles. The molecule has 24 heavy (non-hydrogen) atoms. The summed E-state index contributed by atoms with van der Waals surface area (Å²) in [4.78, 5) is 38.5. The minimum Gasteiger partial charge on any atom is -0.444 e. The van der Waals surface area contributed by atoms with Crippen LogP contribution in [0.4, 0.5) is 4.79 Å². The number of aromatic nitrogens is 1. The van der Waals surface area contributed by atoms with E-state index < -0.39 is 11.7 Å². The average Bonchev–Trinajstić information content (AvgIpc) is 2.51. The molecule has 1 aromatic rings. The highest BCUT2D eigenvalue weighted by Gasteiger charge is 2.16. The van der Waals surface area contributed by atoms with Gasteiger partial charge in [0.05, 0.1) is 6.54 Å². The van der Waals surface area contributed by atoms with E-state index in [9.17, 15) is 14.4 Å². The van der Waals surface area contributed by atoms with E-state index in [1.807, 2.05) is 0 Å². The molecule has 132 valence electrons. The quantitative estimate of drug-likeness (QED) is 0.639. The maximum absolute atomic E-state index is 11.7. The number of hydrogen-bond acceptors (Lipinski definition) is 5. The number of ether oxygens (including phenoxy) is 1. The Morgan fingerprint density at radius 1 is 1.04 bits per heavy atom. The number of carbonyl (C=O) groups is 3. The topological polar surface area (TPSA) is 109 Å². The van der Waals surface area contributed by atoms with Gasteiger partial charge in [-0.15, -0.1) is 0 Å². The molecule has 0 fully saturated rings. The molecule has 0 radical (unpaired) electrons. The van der Waals surface area contributed by atoms with Crippen molar-refractivity contribution in [3.8, 4) is 0 Å². The summed E-state index contributed by atoms with van der Waals surface area (Å²) in [6.07, 6.45) is 3.04. The van der Waals surface area contributed by atoms with Gasteiger partial charge in [-0.3, -0.25) is 14.6 Å². The Bertz CT molecular complexity index is 555. The molecule has 8 heteroatoms. The first kappa shape index (κ1) is 19.4. The fraction of sp³-hybridized carbons (Fsp3) is 0.500. The lowest BCUT2D eigenvalue weighted by Gasteiger charge is -2.19. The van der Waals surface area contributed by atoms with Crippen LogP contribution in [0.3, 0.4) is 0 Å². The van der Waals surface area contributed by atoms with Crippen molar-refractivity contribution < 1.29 is 19.1 Å². The largest absolute Gasteiger partial charge is 0.444 e. The molecule has 0 bridgehead atoms. The molecule has 0 aliphatic rings. The lowest BCUT2D eigenvalue weighted by Crippen LogP contribution is -2.40. The molecular weight excluding hydrogens is 312 g/mol. The van der Waals surface area contributed by atoms with Gasteiger partial charge in [-0.2, -0.15) is 0 Å². The minimum absolute atomic E-state index is 0.154. The van der Waals surface area contributed by atoms with E-state index in [0.29, 0.717) is 25.1 Å². The van der Waals surface area contributed by atoms with Crippen LogP contribution in [0.1, 0.15) is 37.6 Å². The highest BCUT2D eigenvalue weighted by atomic mass is 16.6. The van der Waals surface area contributed by atoms with Crippen molar-refractivity contribution in [2.24, 2.45) is 0 Å². The predicted molar refractivity (Wildman–Crippen MR) is 88.4 cm³/mol. The van der Waals surface area contributed by atoms with Crippen LogP contribution < -0.4 is 16.0 Å². The van der Waals surface area contributed by atoms with Crippen LogP contribution in [-0.4, -0.2) is 48.1 Å². The molecule has 1 rings (SSSR count). The van der Waals surface area contributed by atoms with Crippen LogP contribution in [0.2, 0.25) is 0 Å². The predicted octanol–water partition coefficient (Wildman–Crippen LogP) is 0.842. The third kappa shape index (κ3) is 8.72. The molecule has 0 aromatic carbocycles. The molecule has 0 aliphatic heterocycles. The molecule has 3 N–H and O–H groups in total. The summed E-state index contributed by atoms with van der Waals surface area (Å²) in [5.41, 5.74) is -0.0660. The number of rotatable bonds is 7. The second kappa shape index (κ2) is 9.49. The molecule has 8 nitrogen and oxygen atoms in total. The van der Waals surface area contributed by atoms with E-state index in [1.54, 1.807) is 45.3 Å². The van der Waals surface area contributed by atoms with E-state index >= 15 is 0 Å². The van der Waals surface area contributed by atoms with E-state index in [2.05, 4.69) is 20.9 Å². The summed E-state index contributed by atoms with van der Waals surface area (Å²) in [6, 6.07) is 3.25. The lowest BCUT2D eigenvalue weighted by molar-refractivity contribution is -0.120. The fourth-order valence-corrected chi connectivity index (χ4v) is 1.65. The molecule has 0 atom stereocenters. The second-order valence-corrected chi connectivity index (χ2v) is 6.05. The van der Waals surface area contributed by atoms with Gasteiger partial charge >= 0.3 is 6.09 Å². The van der Waals surface area contributed by atoms with E-state index in [4.69, 9.17) is 4.74 Å². The van der Waals surface area contributed by atoms with Crippen LogP contribution in [0.25, 0.3) is 0 Å². The lowest BCUT2D eigenvalue weighted by atomic mass is 10.2. The standard InChI is InChI=1S/C16H24N4O4/c1-16(2,3)24-15(23)20-11-13(21)18-7-4-8-19-14(22)12-5-9-17-10-6-12/h5-6,9-10H,4,7-8,11H2,1-3H3,(H,18,21)(H,19,22)(H,20,23). The first-order chi connectivity index (χ1) is 11.3. The van der Waals surface area contributed by atoms with E-state index in [-0.39, 0.29) is 18.4 Å². The normalized spacial score (nSPS) is 10.6. The second-order valence-electron chi connectivity index (χ2n) is 6.05. The molecule has 1 heterocycles. The molecule has 3 amide bonds. The van der Waals surface area contributed by atoms with Crippen molar-refractivity contribution in [1.29, 1.82) is 0 Å². The van der Waals surface area contributed by atoms with E-state index in [0.717, 1.165) is 0 Å². The Balaban J connectivity index is 2.09. The number of nitrogens with one attached hydrogen (secondary N) is 3. The molecule has 0 spiro atoms. The Morgan fingerprint density at radius 3 is 2.29 bits per heavy atom. The number of alkyl carbamates (subject to hydrolysis) is 1. The van der Waals surface area contributed by atoms with Gasteiger partial charge in [0.1, 0.15) is 5.60 Å². The first-order valence-electron chi connectivity index (χ1n) is 7.70. The fourth-order valence-electron chi connectivity index (χ4n) is 1.65. The number of amides is 3. The Labute approximate surface area is 141 Å². The highest BCUT2D eigenvalue weighted by Crippen LogP contribution is 2.05. The summed E-state index contributed by atoms with van der Waals surface area (Å²) >= 11 is 0. The maximum Gasteiger partial charge on any atom is 0.408 e. The van der Waals surface area contributed by atoms with Crippen LogP contribution in [0.15, 0.2) is 24.5 Å². The van der Waals surface area contributed by atoms with Crippen molar-refractivity contribution >= 4 is 17.9 Å². The van der Waals surface area contributed by atoms with E-state index in [1.165, 1.54) is 0 Å². The van der Waals surface area contributed by atoms with Gasteiger partial charge in [-0.25, -0.2) is 4.79 Å². The van der Waals surface area contributed by atoms with Crippen LogP contribution in [-0.2, 0) is 9.53 Å². The summed E-state index contributed by atoms with van der Waals surface area (Å²) in [6.45, 7) is 5.90. The maximum atomic E-state index is 11.7. The molecule has 1 aromatic heterocycles. The zero-order chi connectivity index (χ0) is 18.0. The zero-order valence-corrected chi connectivity index (χ0v) is 14.2. The smallest absolute Gasteiger partial charge is 0.408 e. The third-order valence-corrected chi connectivity index (χ3v) is 2.70. The van der Waals surface area contributed by atoms with Gasteiger partial charge in [0.15, 0.2) is 0 Å². The minimum atomic E-state index is -0.637. The number of nitrogens with zero attached hydrogens (tertiary/aromatic N) is 1. The van der Waals surface area contributed by atoms with Crippen LogP contribution in [0.5, 0.6) is 0 Å². The van der Waals surface area contributed by atoms with Gasteiger partial charge < -0.3 is 20.7 Å². The number of hydrogen-bond donors (Lipinski definition) is 3. The molecule has 0 saturated carbocycles. The molecular formula is C16H24N4O4. The van der Waals surface area contributed by atoms with Crippen molar-refractivity contribution in [2.45, 2.75) is 32.8 Å². The zero-order valence-electron chi connectivity index (χ0n) is 14.2. The Hall–Kier alpha value is -2.64. The average molecular weight is 336 g/mol. The summed E-state index contributed by atoms with van der Waals surface area (Å²) in [7, 11) is 0. The van der Waals surface area contributed by atoms with Crippen LogP contribution >= 0.6 is 0 Å². The monoisotopic (exact) mass is 336 g/mol.